The first-order chi connectivity index (χ1) is 21.1. The quantitative estimate of drug-likeness (QED) is 0.0975. The molecule has 2 aromatic rings. The molecule has 10 nitrogen and oxygen atoms in total. The molecule has 3 rings (SSSR count). The Balaban J connectivity index is 1.98. The van der Waals surface area contributed by atoms with Gasteiger partial charge in [-0.1, -0.05) is 55.3 Å². The van der Waals surface area contributed by atoms with Crippen LogP contribution in [0.25, 0.3) is 0 Å². The van der Waals surface area contributed by atoms with Crippen LogP contribution < -0.4 is 16.2 Å². The van der Waals surface area contributed by atoms with Gasteiger partial charge in [0.05, 0.1) is 11.5 Å². The number of halogens is 6. The lowest BCUT2D eigenvalue weighted by Crippen LogP contribution is -2.61. The smallest absolute Gasteiger partial charge is 0.364 e. The van der Waals surface area contributed by atoms with Crippen LogP contribution in [0.15, 0.2) is 61.7 Å². The summed E-state index contributed by atoms with van der Waals surface area (Å²) in [4.78, 5) is 40.1. The summed E-state index contributed by atoms with van der Waals surface area (Å²) in [6.45, 7) is 6.32. The standard InChI is InChI=1S/C29H31F6N5O5/c1-3-5-16-27(29(33,34)35,45-18-19-11-7-6-8-12-19)25(42)39-38-24(41)22-21(40(43)44)17-20(28(30,31)32)23(36-22)37-26(13-4-2)14-9-10-15-26/h3-4,6-8,11-12,17H,1-2,5,9-10,13-16,18H2,(H,36,37)(H,38,41)(H,39,42)/t27-/m1/s1. The second kappa shape index (κ2) is 14.1. The van der Waals surface area contributed by atoms with Crippen LogP contribution >= 0.6 is 0 Å². The summed E-state index contributed by atoms with van der Waals surface area (Å²) >= 11 is 0. The maximum Gasteiger partial charge on any atom is 0.426 e. The van der Waals surface area contributed by atoms with Gasteiger partial charge in [-0.3, -0.25) is 30.6 Å². The van der Waals surface area contributed by atoms with Gasteiger partial charge in [-0.25, -0.2) is 4.98 Å². The van der Waals surface area contributed by atoms with Gasteiger partial charge >= 0.3 is 18.0 Å². The van der Waals surface area contributed by atoms with E-state index in [1.54, 1.807) is 16.9 Å². The number of hydrazine groups is 1. The third kappa shape index (κ3) is 8.17. The number of rotatable bonds is 13. The first-order valence-electron chi connectivity index (χ1n) is 13.7. The molecular weight excluding hydrogens is 612 g/mol. The Labute approximate surface area is 254 Å². The molecule has 0 bridgehead atoms. The van der Waals surface area contributed by atoms with E-state index in [1.807, 2.05) is 0 Å². The van der Waals surface area contributed by atoms with Crippen molar-refractivity contribution < 1.29 is 45.6 Å². The number of anilines is 1. The normalized spacial score (nSPS) is 15.9. The van der Waals surface area contributed by atoms with Gasteiger partial charge in [-0.15, -0.1) is 13.2 Å². The minimum atomic E-state index is -5.32. The Morgan fingerprint density at radius 3 is 2.22 bits per heavy atom. The minimum absolute atomic E-state index is 0.107. The van der Waals surface area contributed by atoms with E-state index in [0.717, 1.165) is 6.08 Å². The van der Waals surface area contributed by atoms with E-state index >= 15 is 0 Å². The molecule has 0 radical (unpaired) electrons. The number of hydrogen-bond donors (Lipinski definition) is 3. The molecule has 45 heavy (non-hydrogen) atoms. The van der Waals surface area contributed by atoms with Gasteiger partial charge in [0.1, 0.15) is 11.4 Å². The van der Waals surface area contributed by atoms with Gasteiger partial charge < -0.3 is 10.1 Å². The van der Waals surface area contributed by atoms with Crippen molar-refractivity contribution in [1.82, 2.24) is 15.8 Å². The zero-order chi connectivity index (χ0) is 33.5. The highest BCUT2D eigenvalue weighted by Crippen LogP contribution is 2.42. The van der Waals surface area contributed by atoms with E-state index < -0.39 is 76.0 Å². The Morgan fingerprint density at radius 2 is 1.69 bits per heavy atom. The molecule has 0 spiro atoms. The van der Waals surface area contributed by atoms with Gasteiger partial charge in [0.15, 0.2) is 0 Å². The molecule has 0 unspecified atom stereocenters. The second-order valence-electron chi connectivity index (χ2n) is 10.4. The van der Waals surface area contributed by atoms with Crippen LogP contribution in [0.5, 0.6) is 0 Å². The predicted molar refractivity (Wildman–Crippen MR) is 151 cm³/mol. The van der Waals surface area contributed by atoms with Crippen LogP contribution in [0, 0.1) is 10.1 Å². The lowest BCUT2D eigenvalue weighted by molar-refractivity contribution is -0.385. The van der Waals surface area contributed by atoms with Crippen molar-refractivity contribution in [2.75, 3.05) is 5.32 Å². The average molecular weight is 644 g/mol. The van der Waals surface area contributed by atoms with E-state index in [0.29, 0.717) is 31.2 Å². The largest absolute Gasteiger partial charge is 0.426 e. The van der Waals surface area contributed by atoms with Crippen LogP contribution in [0.3, 0.4) is 0 Å². The molecule has 2 amide bonds. The molecular formula is C29H31F6N5O5. The molecule has 0 saturated heterocycles. The predicted octanol–water partition coefficient (Wildman–Crippen LogP) is 6.55. The first kappa shape index (κ1) is 35.0. The van der Waals surface area contributed by atoms with E-state index in [-0.39, 0.29) is 18.9 Å². The number of hydrogen-bond acceptors (Lipinski definition) is 7. The number of allylic oxidation sites excluding steroid dienone is 1. The fourth-order valence-corrected chi connectivity index (χ4v) is 5.04. The van der Waals surface area contributed by atoms with E-state index in [1.165, 1.54) is 30.3 Å². The number of benzene rings is 1. The highest BCUT2D eigenvalue weighted by atomic mass is 19.4. The number of nitro groups is 1. The van der Waals surface area contributed by atoms with Crippen molar-refractivity contribution in [2.24, 2.45) is 0 Å². The maximum absolute atomic E-state index is 14.4. The summed E-state index contributed by atoms with van der Waals surface area (Å²) < 4.78 is 90.4. The lowest BCUT2D eigenvalue weighted by atomic mass is 9.93. The van der Waals surface area contributed by atoms with Crippen molar-refractivity contribution in [1.29, 1.82) is 0 Å². The van der Waals surface area contributed by atoms with E-state index in [2.05, 4.69) is 23.5 Å². The third-order valence-electron chi connectivity index (χ3n) is 7.34. The van der Waals surface area contributed by atoms with Gasteiger partial charge in [-0.2, -0.15) is 26.3 Å². The molecule has 1 aromatic carbocycles. The summed E-state index contributed by atoms with van der Waals surface area (Å²) in [6.07, 6.45) is -6.78. The van der Waals surface area contributed by atoms with Crippen LogP contribution in [0.4, 0.5) is 37.8 Å². The summed E-state index contributed by atoms with van der Waals surface area (Å²) in [5.41, 5.74) is -5.06. The average Bonchev–Trinajstić information content (AvgIpc) is 3.42. The minimum Gasteiger partial charge on any atom is -0.364 e. The molecule has 1 aromatic heterocycles. The van der Waals surface area contributed by atoms with Gasteiger partial charge in [0.25, 0.3) is 11.8 Å². The van der Waals surface area contributed by atoms with Crippen molar-refractivity contribution in [2.45, 2.75) is 75.0 Å². The molecule has 1 saturated carbocycles. The molecule has 16 heteroatoms. The van der Waals surface area contributed by atoms with Crippen molar-refractivity contribution >= 4 is 23.3 Å². The van der Waals surface area contributed by atoms with Crippen LogP contribution in [0.1, 0.15) is 66.6 Å². The Bertz CT molecular complexity index is 1410. The molecule has 244 valence electrons. The number of ether oxygens (including phenoxy) is 1. The third-order valence-corrected chi connectivity index (χ3v) is 7.34. The summed E-state index contributed by atoms with van der Waals surface area (Å²) in [5.74, 6) is -4.42. The van der Waals surface area contributed by atoms with Crippen LogP contribution in [0.2, 0.25) is 0 Å². The Morgan fingerprint density at radius 1 is 1.04 bits per heavy atom. The number of nitrogens with one attached hydrogen (secondary N) is 3. The number of aromatic nitrogens is 1. The molecule has 1 aliphatic carbocycles. The van der Waals surface area contributed by atoms with Crippen LogP contribution in [-0.4, -0.2) is 39.0 Å². The topological polar surface area (TPSA) is 135 Å². The fourth-order valence-electron chi connectivity index (χ4n) is 5.04. The number of amides is 2. The molecule has 1 fully saturated rings. The van der Waals surface area contributed by atoms with Gasteiger partial charge in [0.2, 0.25) is 11.3 Å². The lowest BCUT2D eigenvalue weighted by Gasteiger charge is -2.34. The number of carbonyl (C=O) groups is 2. The number of nitrogens with zero attached hydrogens (tertiary/aromatic N) is 2. The number of pyridine rings is 1. The number of carbonyl (C=O) groups excluding carboxylic acids is 2. The highest BCUT2D eigenvalue weighted by molar-refractivity contribution is 5.98. The fraction of sp³-hybridized carbons (Fsp3) is 0.414. The summed E-state index contributed by atoms with van der Waals surface area (Å²) in [7, 11) is 0. The maximum atomic E-state index is 14.4. The zero-order valence-electron chi connectivity index (χ0n) is 23.9. The monoisotopic (exact) mass is 643 g/mol. The van der Waals surface area contributed by atoms with Gasteiger partial charge in [-0.05, 0) is 37.7 Å². The first-order valence-corrected chi connectivity index (χ1v) is 13.7. The molecule has 3 N–H and O–H groups in total. The van der Waals surface area contributed by atoms with E-state index in [4.69, 9.17) is 4.74 Å². The summed E-state index contributed by atoms with van der Waals surface area (Å²) in [5, 5.41) is 14.4. The van der Waals surface area contributed by atoms with Crippen molar-refractivity contribution in [3.63, 3.8) is 0 Å². The summed E-state index contributed by atoms with van der Waals surface area (Å²) in [6, 6.07) is 7.72. The molecule has 1 atom stereocenters. The van der Waals surface area contributed by atoms with Crippen molar-refractivity contribution in [3.8, 4) is 0 Å². The SMILES string of the molecule is C=CCC[C@@](OCc1ccccc1)(C(=O)NNC(=O)c1nc(NC2(CC=C)CCCC2)c(C(F)(F)F)cc1[N+](=O)[O-])C(F)(F)F. The molecule has 1 heterocycles. The Kier molecular flexibility index (Phi) is 11.0. The van der Waals surface area contributed by atoms with E-state index in [9.17, 15) is 46.0 Å². The van der Waals surface area contributed by atoms with Crippen molar-refractivity contribution in [3.05, 3.63) is 88.6 Å². The van der Waals surface area contributed by atoms with Gasteiger partial charge in [0, 0.05) is 11.6 Å². The highest BCUT2D eigenvalue weighted by Gasteiger charge is 2.61. The van der Waals surface area contributed by atoms with Crippen LogP contribution in [-0.2, 0) is 22.3 Å². The Hall–Kier alpha value is -4.47. The zero-order valence-corrected chi connectivity index (χ0v) is 23.9. The molecule has 1 aliphatic rings. The second-order valence-corrected chi connectivity index (χ2v) is 10.4. The molecule has 0 aliphatic heterocycles. The number of alkyl halides is 6.